The number of esters is 3. The lowest BCUT2D eigenvalue weighted by Crippen LogP contribution is -2.25. The second-order valence-corrected chi connectivity index (χ2v) is 4.84. The maximum atomic E-state index is 12.3. The molecule has 1 aromatic carbocycles. The number of aromatic nitrogens is 1. The highest BCUT2D eigenvalue weighted by Crippen LogP contribution is 2.13. The SMILES string of the molecule is COC(=O)c1ccc(-n2cc(C(=O)OC)c(=O)c(C(=O)OC)c2)cc1. The van der Waals surface area contributed by atoms with Gasteiger partial charge in [-0.3, -0.25) is 4.79 Å². The quantitative estimate of drug-likeness (QED) is 0.606. The first-order chi connectivity index (χ1) is 11.9. The molecule has 1 aromatic heterocycles. The van der Waals surface area contributed by atoms with Crippen molar-refractivity contribution in [3.05, 3.63) is 63.6 Å². The molecule has 0 bridgehead atoms. The minimum absolute atomic E-state index is 0.317. The molecular weight excluding hydrogens is 330 g/mol. The Hall–Kier alpha value is -3.42. The number of carbonyl (C=O) groups excluding carboxylic acids is 3. The number of pyridine rings is 1. The van der Waals surface area contributed by atoms with Crippen molar-refractivity contribution in [1.29, 1.82) is 0 Å². The average molecular weight is 345 g/mol. The molecule has 130 valence electrons. The van der Waals surface area contributed by atoms with Crippen LogP contribution in [0.15, 0.2) is 41.5 Å². The molecule has 2 aromatic rings. The minimum atomic E-state index is -0.879. The number of methoxy groups -OCH3 is 3. The summed E-state index contributed by atoms with van der Waals surface area (Å²) in [5.41, 5.74) is -0.595. The molecule has 8 nitrogen and oxygen atoms in total. The van der Waals surface area contributed by atoms with Crippen LogP contribution in [0.1, 0.15) is 31.1 Å². The first-order valence-corrected chi connectivity index (χ1v) is 7.04. The topological polar surface area (TPSA) is 101 Å². The summed E-state index contributed by atoms with van der Waals surface area (Å²) in [7, 11) is 3.52. The fraction of sp³-hybridized carbons (Fsp3) is 0.176. The van der Waals surface area contributed by atoms with Crippen LogP contribution in [0.4, 0.5) is 0 Å². The van der Waals surface area contributed by atoms with E-state index in [2.05, 4.69) is 14.2 Å². The zero-order valence-corrected chi connectivity index (χ0v) is 13.8. The van der Waals surface area contributed by atoms with Crippen molar-refractivity contribution in [3.8, 4) is 5.69 Å². The molecule has 2 rings (SSSR count). The van der Waals surface area contributed by atoms with E-state index in [1.54, 1.807) is 12.1 Å². The fourth-order valence-electron chi connectivity index (χ4n) is 2.13. The average Bonchev–Trinajstić information content (AvgIpc) is 2.66. The van der Waals surface area contributed by atoms with Gasteiger partial charge < -0.3 is 18.8 Å². The van der Waals surface area contributed by atoms with Crippen molar-refractivity contribution in [2.75, 3.05) is 21.3 Å². The van der Waals surface area contributed by atoms with Crippen LogP contribution in [0.5, 0.6) is 0 Å². The molecule has 0 aliphatic carbocycles. The predicted octanol–water partition coefficient (Wildman–Crippen LogP) is 1.20. The third-order valence-electron chi connectivity index (χ3n) is 3.42. The highest BCUT2D eigenvalue weighted by Gasteiger charge is 2.20. The van der Waals surface area contributed by atoms with Gasteiger partial charge in [-0.2, -0.15) is 0 Å². The normalized spacial score (nSPS) is 10.0. The van der Waals surface area contributed by atoms with E-state index >= 15 is 0 Å². The summed E-state index contributed by atoms with van der Waals surface area (Å²) in [6, 6.07) is 6.15. The molecule has 8 heteroatoms. The van der Waals surface area contributed by atoms with Gasteiger partial charge in [-0.05, 0) is 24.3 Å². The van der Waals surface area contributed by atoms with Crippen LogP contribution in [0.2, 0.25) is 0 Å². The summed E-state index contributed by atoms with van der Waals surface area (Å²) in [6.07, 6.45) is 2.49. The van der Waals surface area contributed by atoms with Crippen molar-refractivity contribution >= 4 is 17.9 Å². The Morgan fingerprint density at radius 3 is 1.60 bits per heavy atom. The molecule has 0 saturated carbocycles. The van der Waals surface area contributed by atoms with Crippen LogP contribution < -0.4 is 5.43 Å². The maximum Gasteiger partial charge on any atom is 0.343 e. The number of nitrogens with zero attached hydrogens (tertiary/aromatic N) is 1. The fourth-order valence-corrected chi connectivity index (χ4v) is 2.13. The van der Waals surface area contributed by atoms with E-state index in [9.17, 15) is 19.2 Å². The monoisotopic (exact) mass is 345 g/mol. The van der Waals surface area contributed by atoms with Crippen molar-refractivity contribution in [1.82, 2.24) is 4.57 Å². The molecule has 0 unspecified atom stereocenters. The second kappa shape index (κ2) is 7.43. The largest absolute Gasteiger partial charge is 0.465 e. The molecule has 0 radical (unpaired) electrons. The van der Waals surface area contributed by atoms with Gasteiger partial charge in [0.05, 0.1) is 26.9 Å². The van der Waals surface area contributed by atoms with E-state index in [1.807, 2.05) is 0 Å². The summed E-state index contributed by atoms with van der Waals surface area (Å²) >= 11 is 0. The highest BCUT2D eigenvalue weighted by molar-refractivity contribution is 5.94. The molecule has 0 spiro atoms. The van der Waals surface area contributed by atoms with E-state index in [-0.39, 0.29) is 11.1 Å². The lowest BCUT2D eigenvalue weighted by Gasteiger charge is -2.11. The van der Waals surface area contributed by atoms with Crippen LogP contribution in [0, 0.1) is 0 Å². The van der Waals surface area contributed by atoms with Crippen molar-refractivity contribution in [2.24, 2.45) is 0 Å². The Morgan fingerprint density at radius 1 is 0.760 bits per heavy atom. The Morgan fingerprint density at radius 2 is 1.20 bits per heavy atom. The van der Waals surface area contributed by atoms with Gasteiger partial charge in [-0.25, -0.2) is 14.4 Å². The molecule has 0 atom stereocenters. The van der Waals surface area contributed by atoms with E-state index in [4.69, 9.17) is 0 Å². The van der Waals surface area contributed by atoms with Crippen LogP contribution in [-0.4, -0.2) is 43.8 Å². The predicted molar refractivity (Wildman–Crippen MR) is 86.1 cm³/mol. The van der Waals surface area contributed by atoms with Gasteiger partial charge in [-0.15, -0.1) is 0 Å². The van der Waals surface area contributed by atoms with Gasteiger partial charge in [-0.1, -0.05) is 0 Å². The molecule has 0 aliphatic rings. The van der Waals surface area contributed by atoms with Crippen LogP contribution in [0.3, 0.4) is 0 Å². The lowest BCUT2D eigenvalue weighted by molar-refractivity contribution is 0.0585. The third-order valence-corrected chi connectivity index (χ3v) is 3.42. The van der Waals surface area contributed by atoms with Gasteiger partial charge in [0.2, 0.25) is 5.43 Å². The lowest BCUT2D eigenvalue weighted by atomic mass is 10.1. The van der Waals surface area contributed by atoms with Gasteiger partial charge in [0.15, 0.2) is 0 Å². The third kappa shape index (κ3) is 3.57. The summed E-state index contributed by atoms with van der Waals surface area (Å²) in [6.45, 7) is 0. The Labute approximate surface area is 142 Å². The highest BCUT2D eigenvalue weighted by atomic mass is 16.5. The summed E-state index contributed by atoms with van der Waals surface area (Å²) < 4.78 is 15.2. The van der Waals surface area contributed by atoms with Crippen molar-refractivity contribution in [2.45, 2.75) is 0 Å². The van der Waals surface area contributed by atoms with Gasteiger partial charge in [0.1, 0.15) is 11.1 Å². The van der Waals surface area contributed by atoms with Gasteiger partial charge >= 0.3 is 17.9 Å². The number of rotatable bonds is 4. The molecular formula is C17H15NO7. The zero-order chi connectivity index (χ0) is 18.6. The molecule has 0 aliphatic heterocycles. The van der Waals surface area contributed by atoms with E-state index in [0.717, 1.165) is 14.2 Å². The van der Waals surface area contributed by atoms with E-state index in [1.165, 1.54) is 36.2 Å². The van der Waals surface area contributed by atoms with Crippen LogP contribution >= 0.6 is 0 Å². The van der Waals surface area contributed by atoms with Crippen LogP contribution in [0.25, 0.3) is 5.69 Å². The molecule has 0 saturated heterocycles. The maximum absolute atomic E-state index is 12.3. The van der Waals surface area contributed by atoms with E-state index < -0.39 is 23.3 Å². The number of hydrogen-bond acceptors (Lipinski definition) is 7. The van der Waals surface area contributed by atoms with Crippen molar-refractivity contribution in [3.63, 3.8) is 0 Å². The van der Waals surface area contributed by atoms with Crippen molar-refractivity contribution < 1.29 is 28.6 Å². The smallest absolute Gasteiger partial charge is 0.343 e. The summed E-state index contributed by atoms with van der Waals surface area (Å²) in [4.78, 5) is 47.4. The molecule has 0 N–H and O–H groups in total. The molecule has 0 amide bonds. The molecule has 1 heterocycles. The van der Waals surface area contributed by atoms with E-state index in [0.29, 0.717) is 11.3 Å². The summed E-state index contributed by atoms with van der Waals surface area (Å²) in [5, 5.41) is 0. The first-order valence-electron chi connectivity index (χ1n) is 7.04. The second-order valence-electron chi connectivity index (χ2n) is 4.84. The Bertz CT molecular complexity index is 841. The Balaban J connectivity index is 2.61. The van der Waals surface area contributed by atoms with Gasteiger partial charge in [0, 0.05) is 18.1 Å². The zero-order valence-electron chi connectivity index (χ0n) is 13.8. The standard InChI is InChI=1S/C17H15NO7/c1-23-15(20)10-4-6-11(7-5-10)18-8-12(16(21)24-2)14(19)13(9-18)17(22)25-3/h4-9H,1-3H3. The summed E-state index contributed by atoms with van der Waals surface area (Å²) in [5.74, 6) is -2.26. The number of benzene rings is 1. The number of ether oxygens (including phenoxy) is 3. The molecule has 0 fully saturated rings. The first kappa shape index (κ1) is 17.9. The number of carbonyl (C=O) groups is 3. The number of hydrogen-bond donors (Lipinski definition) is 0. The molecule has 25 heavy (non-hydrogen) atoms. The Kier molecular flexibility index (Phi) is 5.33. The van der Waals surface area contributed by atoms with Crippen LogP contribution in [-0.2, 0) is 14.2 Å². The minimum Gasteiger partial charge on any atom is -0.465 e. The van der Waals surface area contributed by atoms with Gasteiger partial charge in [0.25, 0.3) is 0 Å².